The van der Waals surface area contributed by atoms with Crippen LogP contribution in [0.1, 0.15) is 49.7 Å². The summed E-state index contributed by atoms with van der Waals surface area (Å²) in [6, 6.07) is 11.6. The van der Waals surface area contributed by atoms with Crippen LogP contribution < -0.4 is 14.8 Å². The third kappa shape index (κ3) is 5.80. The maximum atomic E-state index is 13.8. The molecule has 10 nitrogen and oxygen atoms in total. The first-order valence-corrected chi connectivity index (χ1v) is 12.7. The molecule has 1 heterocycles. The Morgan fingerprint density at radius 3 is 2.36 bits per heavy atom. The number of esters is 1. The highest BCUT2D eigenvalue weighted by atomic mass is 16.6. The molecule has 10 heteroatoms. The van der Waals surface area contributed by atoms with Gasteiger partial charge in [0.25, 0.3) is 5.69 Å². The average molecular weight is 537 g/mol. The number of ether oxygens (including phenoxy) is 4. The molecule has 1 aliphatic heterocycles. The molecule has 0 bridgehead atoms. The number of non-ortho nitro benzene ring substituents is 1. The van der Waals surface area contributed by atoms with E-state index >= 15 is 0 Å². The van der Waals surface area contributed by atoms with Gasteiger partial charge in [-0.05, 0) is 49.4 Å². The highest BCUT2D eigenvalue weighted by molar-refractivity contribution is 6.04. The number of ketones is 1. The number of nitro groups is 1. The number of Topliss-reactive ketones (excluding diaryl/α,β-unsaturated/α-hetero) is 1. The molecule has 0 saturated carbocycles. The minimum Gasteiger partial charge on any atom is -0.493 e. The second kappa shape index (κ2) is 12.1. The van der Waals surface area contributed by atoms with Crippen molar-refractivity contribution in [2.75, 3.05) is 34.0 Å². The molecule has 0 radical (unpaired) electrons. The van der Waals surface area contributed by atoms with Gasteiger partial charge < -0.3 is 24.3 Å². The van der Waals surface area contributed by atoms with Gasteiger partial charge in [0.15, 0.2) is 17.3 Å². The number of hydrogen-bond donors (Lipinski definition) is 1. The number of benzene rings is 2. The monoisotopic (exact) mass is 536 g/mol. The lowest BCUT2D eigenvalue weighted by Gasteiger charge is -2.36. The van der Waals surface area contributed by atoms with Crippen LogP contribution >= 0.6 is 0 Å². The van der Waals surface area contributed by atoms with Crippen molar-refractivity contribution >= 4 is 17.4 Å². The van der Waals surface area contributed by atoms with E-state index in [-0.39, 0.29) is 37.0 Å². The molecule has 1 N–H and O–H groups in total. The number of carbonyl (C=O) groups excluding carboxylic acids is 2. The second-order valence-corrected chi connectivity index (χ2v) is 9.31. The van der Waals surface area contributed by atoms with Crippen molar-refractivity contribution in [2.24, 2.45) is 0 Å². The summed E-state index contributed by atoms with van der Waals surface area (Å²) in [5, 5.41) is 14.5. The summed E-state index contributed by atoms with van der Waals surface area (Å²) in [7, 11) is 3.13. The Kier molecular flexibility index (Phi) is 8.65. The van der Waals surface area contributed by atoms with Crippen LogP contribution in [0.4, 0.5) is 5.69 Å². The van der Waals surface area contributed by atoms with Crippen molar-refractivity contribution in [3.63, 3.8) is 0 Å². The van der Waals surface area contributed by atoms with Crippen molar-refractivity contribution in [1.29, 1.82) is 0 Å². The zero-order valence-corrected chi connectivity index (χ0v) is 22.4. The molecule has 0 saturated heterocycles. The fourth-order valence-electron chi connectivity index (χ4n) is 5.19. The van der Waals surface area contributed by atoms with Crippen LogP contribution in [0.2, 0.25) is 0 Å². The summed E-state index contributed by atoms with van der Waals surface area (Å²) in [5.74, 6) is -0.336. The van der Waals surface area contributed by atoms with E-state index < -0.39 is 16.8 Å². The maximum Gasteiger partial charge on any atom is 0.336 e. The van der Waals surface area contributed by atoms with E-state index in [1.165, 1.54) is 12.1 Å². The first kappa shape index (κ1) is 27.8. The minimum absolute atomic E-state index is 0.0671. The molecule has 0 amide bonds. The van der Waals surface area contributed by atoms with E-state index in [1.54, 1.807) is 33.3 Å². The quantitative estimate of drug-likeness (QED) is 0.201. The van der Waals surface area contributed by atoms with Crippen LogP contribution in [0.25, 0.3) is 0 Å². The number of nitrogens with zero attached hydrogens (tertiary/aromatic N) is 1. The van der Waals surface area contributed by atoms with Crippen LogP contribution in [-0.2, 0) is 19.1 Å². The van der Waals surface area contributed by atoms with Crippen molar-refractivity contribution in [1.82, 2.24) is 5.32 Å². The standard InChI is InChI=1S/C29H32N2O8/c1-5-38-12-13-39-29(33)26-17(2)30-22-14-20(19-8-11-24(36-3)25(16-19)37-4)15-23(32)28(22)27(26)18-6-9-21(10-7-18)31(34)35/h6-11,16,20,27,30H,5,12-15H2,1-4H3. The number of rotatable bonds is 10. The van der Waals surface area contributed by atoms with Crippen LogP contribution in [0, 0.1) is 10.1 Å². The van der Waals surface area contributed by atoms with E-state index in [2.05, 4.69) is 5.32 Å². The first-order valence-electron chi connectivity index (χ1n) is 12.7. The Hall–Kier alpha value is -4.18. The van der Waals surface area contributed by atoms with Crippen LogP contribution in [0.5, 0.6) is 11.5 Å². The molecule has 2 aromatic carbocycles. The van der Waals surface area contributed by atoms with E-state index in [0.29, 0.717) is 46.9 Å². The zero-order valence-electron chi connectivity index (χ0n) is 22.4. The smallest absolute Gasteiger partial charge is 0.336 e. The maximum absolute atomic E-state index is 13.8. The molecule has 0 fully saturated rings. The number of dihydropyridines is 1. The first-order chi connectivity index (χ1) is 18.8. The van der Waals surface area contributed by atoms with Crippen molar-refractivity contribution in [3.8, 4) is 11.5 Å². The molecule has 2 aromatic rings. The number of hydrogen-bond acceptors (Lipinski definition) is 9. The van der Waals surface area contributed by atoms with Gasteiger partial charge in [0.2, 0.25) is 0 Å². The zero-order chi connectivity index (χ0) is 28.1. The van der Waals surface area contributed by atoms with Gasteiger partial charge in [0.05, 0.1) is 31.3 Å². The largest absolute Gasteiger partial charge is 0.493 e. The fourth-order valence-corrected chi connectivity index (χ4v) is 5.19. The number of carbonyl (C=O) groups is 2. The Morgan fingerprint density at radius 1 is 1.03 bits per heavy atom. The Balaban J connectivity index is 1.72. The third-order valence-corrected chi connectivity index (χ3v) is 7.03. The Bertz CT molecular complexity index is 1330. The van der Waals surface area contributed by atoms with Crippen LogP contribution in [0.15, 0.2) is 65.0 Å². The van der Waals surface area contributed by atoms with Gasteiger partial charge >= 0.3 is 5.97 Å². The van der Waals surface area contributed by atoms with Crippen molar-refractivity contribution < 1.29 is 33.5 Å². The lowest BCUT2D eigenvalue weighted by molar-refractivity contribution is -0.384. The van der Waals surface area contributed by atoms with Gasteiger partial charge in [0, 0.05) is 48.0 Å². The summed E-state index contributed by atoms with van der Waals surface area (Å²) in [6.07, 6.45) is 0.759. The molecule has 2 atom stereocenters. The Morgan fingerprint density at radius 2 is 1.72 bits per heavy atom. The van der Waals surface area contributed by atoms with Gasteiger partial charge in [0.1, 0.15) is 6.61 Å². The summed E-state index contributed by atoms with van der Waals surface area (Å²) in [4.78, 5) is 37.8. The summed E-state index contributed by atoms with van der Waals surface area (Å²) in [6.45, 7) is 4.44. The molecule has 2 unspecified atom stereocenters. The van der Waals surface area contributed by atoms with Gasteiger partial charge in [-0.1, -0.05) is 18.2 Å². The predicted octanol–water partition coefficient (Wildman–Crippen LogP) is 4.55. The minimum atomic E-state index is -0.722. The molecular formula is C29H32N2O8. The highest BCUT2D eigenvalue weighted by Crippen LogP contribution is 2.46. The second-order valence-electron chi connectivity index (χ2n) is 9.31. The molecule has 4 rings (SSSR count). The molecule has 39 heavy (non-hydrogen) atoms. The predicted molar refractivity (Wildman–Crippen MR) is 143 cm³/mol. The lowest BCUT2D eigenvalue weighted by Crippen LogP contribution is -2.36. The van der Waals surface area contributed by atoms with E-state index in [9.17, 15) is 19.7 Å². The number of nitro benzene ring substituents is 1. The van der Waals surface area contributed by atoms with Crippen molar-refractivity contribution in [3.05, 3.63) is 86.2 Å². The SMILES string of the molecule is CCOCCOC(=O)C1=C(C)NC2=C(C(=O)CC(c3ccc(OC)c(OC)c3)C2)C1c1ccc([N+](=O)[O-])cc1. The molecule has 206 valence electrons. The Labute approximate surface area is 226 Å². The molecule has 0 aromatic heterocycles. The molecule has 1 aliphatic carbocycles. The molecule has 2 aliphatic rings. The number of nitrogens with one attached hydrogen (secondary N) is 1. The van der Waals surface area contributed by atoms with Gasteiger partial charge in [-0.2, -0.15) is 0 Å². The number of allylic oxidation sites excluding steroid dienone is 3. The van der Waals surface area contributed by atoms with Crippen LogP contribution in [0.3, 0.4) is 0 Å². The topological polar surface area (TPSA) is 126 Å². The number of methoxy groups -OCH3 is 2. The fraction of sp³-hybridized carbons (Fsp3) is 0.379. The van der Waals surface area contributed by atoms with Gasteiger partial charge in [-0.25, -0.2) is 4.79 Å². The van der Waals surface area contributed by atoms with Gasteiger partial charge in [-0.15, -0.1) is 0 Å². The lowest BCUT2D eigenvalue weighted by atomic mass is 9.71. The highest BCUT2D eigenvalue weighted by Gasteiger charge is 2.41. The molecule has 0 spiro atoms. The normalized spacial score (nSPS) is 18.8. The molecular weight excluding hydrogens is 504 g/mol. The van der Waals surface area contributed by atoms with E-state index in [4.69, 9.17) is 18.9 Å². The van der Waals surface area contributed by atoms with Crippen LogP contribution in [-0.4, -0.2) is 50.7 Å². The third-order valence-electron chi connectivity index (χ3n) is 7.03. The summed E-state index contributed by atoms with van der Waals surface area (Å²) < 4.78 is 21.6. The van der Waals surface area contributed by atoms with Gasteiger partial charge in [-0.3, -0.25) is 14.9 Å². The van der Waals surface area contributed by atoms with E-state index in [1.807, 2.05) is 25.1 Å². The average Bonchev–Trinajstić information content (AvgIpc) is 2.94. The summed E-state index contributed by atoms with van der Waals surface area (Å²) in [5.41, 5.74) is 3.52. The van der Waals surface area contributed by atoms with E-state index in [0.717, 1.165) is 11.3 Å². The summed E-state index contributed by atoms with van der Waals surface area (Å²) >= 11 is 0. The van der Waals surface area contributed by atoms with Crippen molar-refractivity contribution in [2.45, 2.75) is 38.5 Å².